The van der Waals surface area contributed by atoms with Crippen LogP contribution >= 0.6 is 0 Å². The van der Waals surface area contributed by atoms with Crippen molar-refractivity contribution in [1.82, 2.24) is 9.55 Å². The first-order valence-electron chi connectivity index (χ1n) is 7.53. The molecule has 0 aliphatic rings. The molecule has 108 valence electrons. The zero-order valence-corrected chi connectivity index (χ0v) is 12.9. The van der Waals surface area contributed by atoms with E-state index in [0.29, 0.717) is 12.0 Å². The van der Waals surface area contributed by atoms with Crippen molar-refractivity contribution in [2.24, 2.45) is 5.92 Å². The molecule has 0 amide bonds. The van der Waals surface area contributed by atoms with Gasteiger partial charge in [-0.2, -0.15) is 0 Å². The summed E-state index contributed by atoms with van der Waals surface area (Å²) in [5, 5.41) is 3.58. The van der Waals surface area contributed by atoms with E-state index in [0.717, 1.165) is 17.3 Å². The molecule has 3 nitrogen and oxygen atoms in total. The number of para-hydroxylation sites is 1. The van der Waals surface area contributed by atoms with Gasteiger partial charge in [0.1, 0.15) is 0 Å². The van der Waals surface area contributed by atoms with E-state index >= 15 is 0 Å². The number of nitrogens with zero attached hydrogens (tertiary/aromatic N) is 2. The van der Waals surface area contributed by atoms with Crippen molar-refractivity contribution in [1.29, 1.82) is 0 Å². The lowest BCUT2D eigenvalue weighted by atomic mass is 9.96. The Labute approximate surface area is 122 Å². The Morgan fingerprint density at radius 1 is 1.15 bits per heavy atom. The van der Waals surface area contributed by atoms with Crippen LogP contribution in [-0.2, 0) is 0 Å². The minimum atomic E-state index is 0.425. The van der Waals surface area contributed by atoms with Crippen LogP contribution in [0.1, 0.15) is 39.3 Å². The Hall–Kier alpha value is -1.77. The van der Waals surface area contributed by atoms with Crippen LogP contribution in [0.2, 0.25) is 0 Å². The Bertz CT molecular complexity index is 526. The van der Waals surface area contributed by atoms with Gasteiger partial charge in [-0.25, -0.2) is 4.98 Å². The first kappa shape index (κ1) is 14.6. The van der Waals surface area contributed by atoms with E-state index in [2.05, 4.69) is 66.1 Å². The summed E-state index contributed by atoms with van der Waals surface area (Å²) in [6, 6.07) is 10.8. The molecule has 0 bridgehead atoms. The number of aromatic nitrogens is 2. The maximum atomic E-state index is 4.63. The summed E-state index contributed by atoms with van der Waals surface area (Å²) in [6.45, 7) is 8.78. The predicted molar refractivity (Wildman–Crippen MR) is 85.5 cm³/mol. The third kappa shape index (κ3) is 3.21. The van der Waals surface area contributed by atoms with Crippen LogP contribution in [0.3, 0.4) is 0 Å². The van der Waals surface area contributed by atoms with Gasteiger partial charge in [0.25, 0.3) is 0 Å². The lowest BCUT2D eigenvalue weighted by Gasteiger charge is -2.23. The van der Waals surface area contributed by atoms with Gasteiger partial charge in [-0.3, -0.25) is 4.57 Å². The molecule has 0 saturated heterocycles. The summed E-state index contributed by atoms with van der Waals surface area (Å²) in [4.78, 5) is 4.63. The fourth-order valence-electron chi connectivity index (χ4n) is 2.70. The van der Waals surface area contributed by atoms with Gasteiger partial charge in [-0.15, -0.1) is 0 Å². The molecule has 0 aliphatic heterocycles. The Morgan fingerprint density at radius 2 is 1.80 bits per heavy atom. The zero-order valence-electron chi connectivity index (χ0n) is 12.9. The molecular formula is C17H25N3. The van der Waals surface area contributed by atoms with Gasteiger partial charge in [0.05, 0.1) is 5.69 Å². The quantitative estimate of drug-likeness (QED) is 0.843. The lowest BCUT2D eigenvalue weighted by Crippen LogP contribution is -2.26. The molecular weight excluding hydrogens is 246 g/mol. The van der Waals surface area contributed by atoms with E-state index in [1.807, 2.05) is 13.0 Å². The second-order valence-corrected chi connectivity index (χ2v) is 5.42. The average molecular weight is 271 g/mol. The zero-order chi connectivity index (χ0) is 14.5. The van der Waals surface area contributed by atoms with Gasteiger partial charge in [0.2, 0.25) is 5.95 Å². The van der Waals surface area contributed by atoms with Gasteiger partial charge < -0.3 is 5.32 Å². The van der Waals surface area contributed by atoms with Crippen molar-refractivity contribution in [2.75, 3.05) is 5.32 Å². The molecule has 2 rings (SSSR count). The van der Waals surface area contributed by atoms with Crippen molar-refractivity contribution in [3.05, 3.63) is 42.2 Å². The van der Waals surface area contributed by atoms with Crippen LogP contribution in [-0.4, -0.2) is 15.6 Å². The minimum absolute atomic E-state index is 0.425. The van der Waals surface area contributed by atoms with Crippen molar-refractivity contribution in [3.8, 4) is 5.69 Å². The lowest BCUT2D eigenvalue weighted by molar-refractivity contribution is 0.436. The Kier molecular flexibility index (Phi) is 4.83. The van der Waals surface area contributed by atoms with Crippen LogP contribution in [0.25, 0.3) is 5.69 Å². The molecule has 1 N–H and O–H groups in total. The van der Waals surface area contributed by atoms with E-state index < -0.39 is 0 Å². The van der Waals surface area contributed by atoms with Gasteiger partial charge in [-0.1, -0.05) is 44.9 Å². The molecule has 1 aromatic carbocycles. The maximum Gasteiger partial charge on any atom is 0.207 e. The van der Waals surface area contributed by atoms with Gasteiger partial charge in [0.15, 0.2) is 0 Å². The number of rotatable bonds is 6. The molecule has 2 aromatic rings. The fraction of sp³-hybridized carbons (Fsp3) is 0.471. The topological polar surface area (TPSA) is 29.9 Å². The highest BCUT2D eigenvalue weighted by Gasteiger charge is 2.16. The average Bonchev–Trinajstić information content (AvgIpc) is 2.82. The summed E-state index contributed by atoms with van der Waals surface area (Å²) in [6.07, 6.45) is 4.46. The van der Waals surface area contributed by atoms with E-state index in [1.165, 1.54) is 12.8 Å². The third-order valence-corrected chi connectivity index (χ3v) is 3.97. The molecule has 20 heavy (non-hydrogen) atoms. The summed E-state index contributed by atoms with van der Waals surface area (Å²) < 4.78 is 2.13. The van der Waals surface area contributed by atoms with Gasteiger partial charge in [-0.05, 0) is 31.9 Å². The molecule has 1 heterocycles. The first-order chi connectivity index (χ1) is 9.65. The van der Waals surface area contributed by atoms with E-state index in [4.69, 9.17) is 0 Å². The van der Waals surface area contributed by atoms with Crippen molar-refractivity contribution < 1.29 is 0 Å². The van der Waals surface area contributed by atoms with E-state index in [9.17, 15) is 0 Å². The van der Waals surface area contributed by atoms with E-state index in [-0.39, 0.29) is 0 Å². The highest BCUT2D eigenvalue weighted by Crippen LogP contribution is 2.21. The molecule has 1 unspecified atom stereocenters. The molecule has 0 spiro atoms. The predicted octanol–water partition coefficient (Wildman–Crippen LogP) is 4.42. The summed E-state index contributed by atoms with van der Waals surface area (Å²) >= 11 is 0. The smallest absolute Gasteiger partial charge is 0.207 e. The first-order valence-corrected chi connectivity index (χ1v) is 7.53. The second kappa shape index (κ2) is 6.60. The number of aryl methyl sites for hydroxylation is 1. The van der Waals surface area contributed by atoms with E-state index in [1.54, 1.807) is 0 Å². The van der Waals surface area contributed by atoms with Crippen LogP contribution in [0.4, 0.5) is 5.95 Å². The highest BCUT2D eigenvalue weighted by atomic mass is 15.2. The molecule has 0 aliphatic carbocycles. The minimum Gasteiger partial charge on any atom is -0.353 e. The van der Waals surface area contributed by atoms with Crippen molar-refractivity contribution in [3.63, 3.8) is 0 Å². The summed E-state index contributed by atoms with van der Waals surface area (Å²) in [5.74, 6) is 1.62. The number of anilines is 1. The Balaban J connectivity index is 2.25. The number of imidazole rings is 1. The molecule has 0 saturated carbocycles. The van der Waals surface area contributed by atoms with Crippen LogP contribution in [0.5, 0.6) is 0 Å². The largest absolute Gasteiger partial charge is 0.353 e. The van der Waals surface area contributed by atoms with Crippen LogP contribution < -0.4 is 5.32 Å². The second-order valence-electron chi connectivity index (χ2n) is 5.42. The normalized spacial score (nSPS) is 12.7. The highest BCUT2D eigenvalue weighted by molar-refractivity contribution is 5.43. The van der Waals surface area contributed by atoms with Crippen LogP contribution in [0, 0.1) is 12.8 Å². The van der Waals surface area contributed by atoms with Crippen molar-refractivity contribution >= 4 is 5.95 Å². The molecule has 0 fully saturated rings. The molecule has 1 aromatic heterocycles. The van der Waals surface area contributed by atoms with Crippen LogP contribution in [0.15, 0.2) is 36.5 Å². The molecule has 1 atom stereocenters. The maximum absolute atomic E-state index is 4.63. The number of hydrogen-bond acceptors (Lipinski definition) is 2. The number of nitrogens with one attached hydrogen (secondary N) is 1. The standard InChI is InChI=1S/C17H25N3/c1-5-15(6-2)14(4)19-17-18-13(3)12-20(17)16-10-8-7-9-11-16/h7-12,14-15H,5-6H2,1-4H3,(H,18,19). The van der Waals surface area contributed by atoms with Gasteiger partial charge in [0, 0.05) is 17.9 Å². The summed E-state index contributed by atoms with van der Waals surface area (Å²) in [5.41, 5.74) is 2.18. The third-order valence-electron chi connectivity index (χ3n) is 3.97. The fourth-order valence-corrected chi connectivity index (χ4v) is 2.70. The monoisotopic (exact) mass is 271 g/mol. The van der Waals surface area contributed by atoms with Gasteiger partial charge >= 0.3 is 0 Å². The summed E-state index contributed by atoms with van der Waals surface area (Å²) in [7, 11) is 0. The SMILES string of the molecule is CCC(CC)C(C)Nc1nc(C)cn1-c1ccccc1. The number of benzene rings is 1. The molecule has 3 heteroatoms. The Morgan fingerprint density at radius 3 is 2.40 bits per heavy atom. The number of hydrogen-bond donors (Lipinski definition) is 1. The van der Waals surface area contributed by atoms with Crippen molar-refractivity contribution in [2.45, 2.75) is 46.6 Å². The molecule has 0 radical (unpaired) electrons.